The lowest BCUT2D eigenvalue weighted by Gasteiger charge is -2.21. The van der Waals surface area contributed by atoms with Crippen LogP contribution in [-0.4, -0.2) is 50.0 Å². The summed E-state index contributed by atoms with van der Waals surface area (Å²) in [5.74, 6) is 0.557. The van der Waals surface area contributed by atoms with E-state index in [0.717, 1.165) is 19.5 Å². The molecule has 0 spiro atoms. The van der Waals surface area contributed by atoms with Gasteiger partial charge in [-0.2, -0.15) is 5.26 Å². The normalized spacial score (nSPS) is 24.5. The minimum Gasteiger partial charge on any atom is -0.314 e. The lowest BCUT2D eigenvalue weighted by molar-refractivity contribution is 0.281. The first-order valence-corrected chi connectivity index (χ1v) is 7.80. The van der Waals surface area contributed by atoms with Crippen LogP contribution in [0.15, 0.2) is 0 Å². The number of nitrogens with two attached hydrogens (primary N) is 1. The molecule has 1 fully saturated rings. The van der Waals surface area contributed by atoms with E-state index in [1.54, 1.807) is 6.92 Å². The fourth-order valence-electron chi connectivity index (χ4n) is 1.94. The van der Waals surface area contributed by atoms with Gasteiger partial charge in [0.1, 0.15) is 5.54 Å². The average Bonchev–Trinajstić information content (AvgIpc) is 2.40. The van der Waals surface area contributed by atoms with Gasteiger partial charge >= 0.3 is 0 Å². The lowest BCUT2D eigenvalue weighted by Crippen LogP contribution is -2.36. The molecule has 0 bridgehead atoms. The Labute approximate surface area is 104 Å². The van der Waals surface area contributed by atoms with E-state index in [9.17, 15) is 8.42 Å². The topological polar surface area (TPSA) is 87.2 Å². The predicted molar refractivity (Wildman–Crippen MR) is 67.2 cm³/mol. The summed E-state index contributed by atoms with van der Waals surface area (Å²) in [5, 5.41) is 8.78. The van der Waals surface area contributed by atoms with Crippen LogP contribution in [0, 0.1) is 11.3 Å². The second kappa shape index (κ2) is 5.80. The van der Waals surface area contributed by atoms with Crippen molar-refractivity contribution in [3.8, 4) is 6.07 Å². The molecule has 1 unspecified atom stereocenters. The highest BCUT2D eigenvalue weighted by Crippen LogP contribution is 2.10. The molecule has 0 aliphatic carbocycles. The molecule has 1 aliphatic rings. The molecule has 0 amide bonds. The summed E-state index contributed by atoms with van der Waals surface area (Å²) in [7, 11) is -2.83. The van der Waals surface area contributed by atoms with E-state index in [-0.39, 0.29) is 5.75 Å². The van der Waals surface area contributed by atoms with Gasteiger partial charge in [0.15, 0.2) is 9.84 Å². The molecule has 1 heterocycles. The molecule has 1 saturated heterocycles. The summed E-state index contributed by atoms with van der Waals surface area (Å²) in [6, 6.07) is 2.07. The van der Waals surface area contributed by atoms with Crippen LogP contribution in [0.5, 0.6) is 0 Å². The van der Waals surface area contributed by atoms with Gasteiger partial charge < -0.3 is 10.6 Å². The van der Waals surface area contributed by atoms with Crippen LogP contribution in [0.4, 0.5) is 0 Å². The van der Waals surface area contributed by atoms with Crippen molar-refractivity contribution in [2.45, 2.75) is 31.7 Å². The zero-order chi connectivity index (χ0) is 12.9. The quantitative estimate of drug-likeness (QED) is 0.775. The van der Waals surface area contributed by atoms with Crippen LogP contribution < -0.4 is 5.73 Å². The molecule has 98 valence electrons. The Kier molecular flexibility index (Phi) is 4.92. The Bertz CT molecular complexity index is 384. The number of rotatable bonds is 4. The van der Waals surface area contributed by atoms with Gasteiger partial charge in [-0.15, -0.1) is 0 Å². The SMILES string of the molecule is CC(N)(C#N)CCCN1CCCS(=O)(=O)CC1. The van der Waals surface area contributed by atoms with Crippen molar-refractivity contribution in [1.29, 1.82) is 5.26 Å². The van der Waals surface area contributed by atoms with Crippen molar-refractivity contribution in [1.82, 2.24) is 4.90 Å². The van der Waals surface area contributed by atoms with E-state index in [2.05, 4.69) is 11.0 Å². The van der Waals surface area contributed by atoms with Crippen molar-refractivity contribution in [3.63, 3.8) is 0 Å². The van der Waals surface area contributed by atoms with Gasteiger partial charge in [-0.25, -0.2) is 8.42 Å². The third-order valence-electron chi connectivity index (χ3n) is 3.07. The molecule has 1 rings (SSSR count). The maximum Gasteiger partial charge on any atom is 0.151 e. The summed E-state index contributed by atoms with van der Waals surface area (Å²) in [6.07, 6.45) is 2.19. The second-order valence-electron chi connectivity index (χ2n) is 4.98. The summed E-state index contributed by atoms with van der Waals surface area (Å²) in [4.78, 5) is 2.15. The van der Waals surface area contributed by atoms with Crippen LogP contribution in [0.3, 0.4) is 0 Å². The summed E-state index contributed by atoms with van der Waals surface area (Å²) in [5.41, 5.74) is 4.96. The zero-order valence-corrected chi connectivity index (χ0v) is 11.2. The predicted octanol–water partition coefficient (Wildman–Crippen LogP) is 0.128. The van der Waals surface area contributed by atoms with Crippen molar-refractivity contribution in [2.24, 2.45) is 5.73 Å². The number of sulfone groups is 1. The molecule has 0 aromatic carbocycles. The van der Waals surface area contributed by atoms with Crippen LogP contribution in [0.25, 0.3) is 0 Å². The maximum atomic E-state index is 11.4. The van der Waals surface area contributed by atoms with E-state index in [1.807, 2.05) is 0 Å². The van der Waals surface area contributed by atoms with Gasteiger partial charge in [0.25, 0.3) is 0 Å². The largest absolute Gasteiger partial charge is 0.314 e. The molecule has 0 radical (unpaired) electrons. The molecule has 0 aromatic rings. The van der Waals surface area contributed by atoms with Crippen LogP contribution in [0.2, 0.25) is 0 Å². The molecule has 1 aliphatic heterocycles. The Morgan fingerprint density at radius 2 is 2.12 bits per heavy atom. The number of hydrogen-bond donors (Lipinski definition) is 1. The molecule has 0 aromatic heterocycles. The van der Waals surface area contributed by atoms with Crippen LogP contribution >= 0.6 is 0 Å². The molecule has 6 heteroatoms. The maximum absolute atomic E-state index is 11.4. The average molecular weight is 259 g/mol. The first kappa shape index (κ1) is 14.4. The molecular weight excluding hydrogens is 238 g/mol. The first-order valence-electron chi connectivity index (χ1n) is 5.98. The van der Waals surface area contributed by atoms with Crippen molar-refractivity contribution in [3.05, 3.63) is 0 Å². The summed E-state index contributed by atoms with van der Waals surface area (Å²) >= 11 is 0. The van der Waals surface area contributed by atoms with Crippen molar-refractivity contribution < 1.29 is 8.42 Å². The fraction of sp³-hybridized carbons (Fsp3) is 0.909. The number of hydrogen-bond acceptors (Lipinski definition) is 5. The van der Waals surface area contributed by atoms with E-state index in [4.69, 9.17) is 11.0 Å². The lowest BCUT2D eigenvalue weighted by atomic mass is 9.99. The van der Waals surface area contributed by atoms with Gasteiger partial charge in [0, 0.05) is 6.54 Å². The minimum atomic E-state index is -2.83. The van der Waals surface area contributed by atoms with Gasteiger partial charge in [-0.3, -0.25) is 0 Å². The standard InChI is InChI=1S/C11H21N3O2S/c1-11(13,10-12)4-2-5-14-6-3-8-17(15,16)9-7-14/h2-9,13H2,1H3. The van der Waals surface area contributed by atoms with E-state index in [0.29, 0.717) is 25.1 Å². The van der Waals surface area contributed by atoms with E-state index >= 15 is 0 Å². The first-order chi connectivity index (χ1) is 7.85. The molecular formula is C11H21N3O2S. The monoisotopic (exact) mass is 259 g/mol. The summed E-state index contributed by atoms with van der Waals surface area (Å²) in [6.45, 7) is 3.98. The van der Waals surface area contributed by atoms with Gasteiger partial charge in [-0.1, -0.05) is 0 Å². The molecule has 5 nitrogen and oxygen atoms in total. The van der Waals surface area contributed by atoms with E-state index < -0.39 is 15.4 Å². The highest BCUT2D eigenvalue weighted by molar-refractivity contribution is 7.91. The highest BCUT2D eigenvalue weighted by atomic mass is 32.2. The Morgan fingerprint density at radius 3 is 2.76 bits per heavy atom. The van der Waals surface area contributed by atoms with Gasteiger partial charge in [-0.05, 0) is 39.3 Å². The molecule has 1 atom stereocenters. The van der Waals surface area contributed by atoms with Crippen LogP contribution in [0.1, 0.15) is 26.2 Å². The Hall–Kier alpha value is -0.640. The Morgan fingerprint density at radius 1 is 1.41 bits per heavy atom. The van der Waals surface area contributed by atoms with Gasteiger partial charge in [0.05, 0.1) is 17.6 Å². The fourth-order valence-corrected chi connectivity index (χ4v) is 3.25. The number of nitriles is 1. The highest BCUT2D eigenvalue weighted by Gasteiger charge is 2.20. The van der Waals surface area contributed by atoms with E-state index in [1.165, 1.54) is 0 Å². The van der Waals surface area contributed by atoms with Crippen LogP contribution in [-0.2, 0) is 9.84 Å². The molecule has 0 saturated carbocycles. The molecule has 17 heavy (non-hydrogen) atoms. The molecule has 2 N–H and O–H groups in total. The van der Waals surface area contributed by atoms with Crippen molar-refractivity contribution in [2.75, 3.05) is 31.1 Å². The second-order valence-corrected chi connectivity index (χ2v) is 7.28. The van der Waals surface area contributed by atoms with Crippen molar-refractivity contribution >= 4 is 9.84 Å². The third kappa shape index (κ3) is 5.48. The third-order valence-corrected chi connectivity index (χ3v) is 4.79. The zero-order valence-electron chi connectivity index (χ0n) is 10.4. The smallest absolute Gasteiger partial charge is 0.151 e. The van der Waals surface area contributed by atoms with Gasteiger partial charge in [0.2, 0.25) is 0 Å². The minimum absolute atomic E-state index is 0.255. The summed E-state index contributed by atoms with van der Waals surface area (Å²) < 4.78 is 22.8. The number of nitrogens with zero attached hydrogens (tertiary/aromatic N) is 2. The Balaban J connectivity index is 2.32.